The van der Waals surface area contributed by atoms with E-state index in [0.717, 1.165) is 19.3 Å². The van der Waals surface area contributed by atoms with E-state index < -0.39 is 5.41 Å². The van der Waals surface area contributed by atoms with Crippen molar-refractivity contribution >= 4 is 17.7 Å². The Morgan fingerprint density at radius 2 is 1.83 bits per heavy atom. The summed E-state index contributed by atoms with van der Waals surface area (Å²) in [5.41, 5.74) is 4.91. The summed E-state index contributed by atoms with van der Waals surface area (Å²) in [6, 6.07) is 0.0336. The number of hydrogen-bond acceptors (Lipinski definition) is 4. The van der Waals surface area contributed by atoms with Gasteiger partial charge in [-0.15, -0.1) is 0 Å². The van der Waals surface area contributed by atoms with E-state index in [4.69, 9.17) is 5.73 Å². The standard InChI is InChI=1S/C17H32N4O3/c1-17(2,3)16(24)19-10-8-15(23)21-11-5-4-6-13(21)12-20-14(22)7-9-18/h13H,4-12,18H2,1-3H3,(H,19,24)(H,20,22). The van der Waals surface area contributed by atoms with Crippen LogP contribution in [0.3, 0.4) is 0 Å². The van der Waals surface area contributed by atoms with Crippen molar-refractivity contribution in [2.24, 2.45) is 11.1 Å². The summed E-state index contributed by atoms with van der Waals surface area (Å²) in [5, 5.41) is 5.65. The van der Waals surface area contributed by atoms with Crippen molar-refractivity contribution in [3.05, 3.63) is 0 Å². The van der Waals surface area contributed by atoms with Gasteiger partial charge in [-0.2, -0.15) is 0 Å². The first-order chi connectivity index (χ1) is 11.3. The highest BCUT2D eigenvalue weighted by atomic mass is 16.2. The first kappa shape index (κ1) is 20.4. The molecule has 1 saturated heterocycles. The largest absolute Gasteiger partial charge is 0.355 e. The van der Waals surface area contributed by atoms with Crippen LogP contribution >= 0.6 is 0 Å². The third-order valence-electron chi connectivity index (χ3n) is 4.16. The van der Waals surface area contributed by atoms with Crippen molar-refractivity contribution in [3.8, 4) is 0 Å². The Hall–Kier alpha value is -1.63. The molecule has 1 fully saturated rings. The number of carbonyl (C=O) groups excluding carboxylic acids is 3. The number of nitrogens with zero attached hydrogens (tertiary/aromatic N) is 1. The smallest absolute Gasteiger partial charge is 0.225 e. The van der Waals surface area contributed by atoms with Gasteiger partial charge in [0, 0.05) is 50.5 Å². The Labute approximate surface area is 144 Å². The molecular weight excluding hydrogens is 308 g/mol. The average Bonchev–Trinajstić information content (AvgIpc) is 2.52. The minimum atomic E-state index is -0.454. The molecule has 0 spiro atoms. The normalized spacial score (nSPS) is 18.2. The molecule has 0 aromatic heterocycles. The first-order valence-corrected chi connectivity index (χ1v) is 8.80. The minimum absolute atomic E-state index is 0.0296. The molecule has 138 valence electrons. The van der Waals surface area contributed by atoms with Crippen molar-refractivity contribution < 1.29 is 14.4 Å². The third kappa shape index (κ3) is 6.86. The van der Waals surface area contributed by atoms with Crippen molar-refractivity contribution in [3.63, 3.8) is 0 Å². The van der Waals surface area contributed by atoms with E-state index in [1.165, 1.54) is 0 Å². The fraction of sp³-hybridized carbons (Fsp3) is 0.824. The molecule has 0 saturated carbocycles. The second-order valence-electron chi connectivity index (χ2n) is 7.34. The van der Waals surface area contributed by atoms with E-state index in [2.05, 4.69) is 10.6 Å². The van der Waals surface area contributed by atoms with Crippen LogP contribution in [0.4, 0.5) is 0 Å². The number of rotatable bonds is 7. The number of likely N-dealkylation sites (tertiary alicyclic amines) is 1. The fourth-order valence-electron chi connectivity index (χ4n) is 2.68. The topological polar surface area (TPSA) is 105 Å². The van der Waals surface area contributed by atoms with Crippen molar-refractivity contribution in [1.29, 1.82) is 0 Å². The Bertz CT molecular complexity index is 446. The molecule has 3 amide bonds. The Morgan fingerprint density at radius 3 is 2.46 bits per heavy atom. The number of nitrogens with one attached hydrogen (secondary N) is 2. The first-order valence-electron chi connectivity index (χ1n) is 8.80. The molecule has 1 rings (SSSR count). The summed E-state index contributed by atoms with van der Waals surface area (Å²) < 4.78 is 0. The lowest BCUT2D eigenvalue weighted by Gasteiger charge is -2.36. The lowest BCUT2D eigenvalue weighted by Crippen LogP contribution is -2.50. The number of nitrogens with two attached hydrogens (primary N) is 1. The molecule has 1 aliphatic rings. The summed E-state index contributed by atoms with van der Waals surface area (Å²) in [6.07, 6.45) is 3.52. The van der Waals surface area contributed by atoms with Gasteiger partial charge in [0.1, 0.15) is 0 Å². The molecule has 0 bridgehead atoms. The molecule has 1 atom stereocenters. The van der Waals surface area contributed by atoms with Gasteiger partial charge in [-0.1, -0.05) is 20.8 Å². The maximum absolute atomic E-state index is 12.5. The monoisotopic (exact) mass is 340 g/mol. The molecule has 4 N–H and O–H groups in total. The molecule has 1 aliphatic heterocycles. The predicted octanol–water partition coefficient (Wildman–Crippen LogP) is 0.385. The third-order valence-corrected chi connectivity index (χ3v) is 4.16. The molecule has 0 radical (unpaired) electrons. The molecule has 1 unspecified atom stereocenters. The SMILES string of the molecule is CC(C)(C)C(=O)NCCC(=O)N1CCCCC1CNC(=O)CCN. The lowest BCUT2D eigenvalue weighted by atomic mass is 9.96. The van der Waals surface area contributed by atoms with Gasteiger partial charge in [-0.25, -0.2) is 0 Å². The molecule has 7 nitrogen and oxygen atoms in total. The van der Waals surface area contributed by atoms with Crippen LogP contribution in [0.15, 0.2) is 0 Å². The van der Waals surface area contributed by atoms with Gasteiger partial charge in [0.15, 0.2) is 0 Å². The molecule has 7 heteroatoms. The van der Waals surface area contributed by atoms with Crippen LogP contribution in [-0.2, 0) is 14.4 Å². The van der Waals surface area contributed by atoms with Crippen molar-refractivity contribution in [1.82, 2.24) is 15.5 Å². The predicted molar refractivity (Wildman–Crippen MR) is 93.1 cm³/mol. The van der Waals surface area contributed by atoms with Gasteiger partial charge in [0.25, 0.3) is 0 Å². The summed E-state index contributed by atoms with van der Waals surface area (Å²) in [7, 11) is 0. The van der Waals surface area contributed by atoms with Crippen LogP contribution in [0.25, 0.3) is 0 Å². The van der Waals surface area contributed by atoms with Gasteiger partial charge < -0.3 is 21.3 Å². The maximum atomic E-state index is 12.5. The number of amides is 3. The van der Waals surface area contributed by atoms with Crippen molar-refractivity contribution in [2.75, 3.05) is 26.2 Å². The maximum Gasteiger partial charge on any atom is 0.225 e. The van der Waals surface area contributed by atoms with Crippen LogP contribution in [0, 0.1) is 5.41 Å². The van der Waals surface area contributed by atoms with E-state index in [1.54, 1.807) is 0 Å². The van der Waals surface area contributed by atoms with Gasteiger partial charge in [-0.3, -0.25) is 14.4 Å². The average molecular weight is 340 g/mol. The molecule has 24 heavy (non-hydrogen) atoms. The second-order valence-corrected chi connectivity index (χ2v) is 7.34. The van der Waals surface area contributed by atoms with E-state index in [9.17, 15) is 14.4 Å². The molecule has 0 aromatic carbocycles. The summed E-state index contributed by atoms with van der Waals surface area (Å²) >= 11 is 0. The zero-order valence-corrected chi connectivity index (χ0v) is 15.2. The Balaban J connectivity index is 2.44. The number of piperidine rings is 1. The second kappa shape index (κ2) is 9.61. The zero-order valence-electron chi connectivity index (χ0n) is 15.2. The quantitative estimate of drug-likeness (QED) is 0.623. The zero-order chi connectivity index (χ0) is 18.2. The summed E-state index contributed by atoms with van der Waals surface area (Å²) in [4.78, 5) is 37.7. The highest BCUT2D eigenvalue weighted by Crippen LogP contribution is 2.17. The van der Waals surface area contributed by atoms with Gasteiger partial charge >= 0.3 is 0 Å². The van der Waals surface area contributed by atoms with E-state index >= 15 is 0 Å². The lowest BCUT2D eigenvalue weighted by molar-refractivity contribution is -0.135. The molecule has 0 aromatic rings. The van der Waals surface area contributed by atoms with Crippen LogP contribution in [0.5, 0.6) is 0 Å². The van der Waals surface area contributed by atoms with E-state index in [0.29, 0.717) is 32.6 Å². The Kier molecular flexibility index (Phi) is 8.18. The van der Waals surface area contributed by atoms with Gasteiger partial charge in [-0.05, 0) is 19.3 Å². The molecule has 1 heterocycles. The number of hydrogen-bond donors (Lipinski definition) is 3. The van der Waals surface area contributed by atoms with Gasteiger partial charge in [0.2, 0.25) is 17.7 Å². The van der Waals surface area contributed by atoms with Gasteiger partial charge in [0.05, 0.1) is 0 Å². The molecular formula is C17H32N4O3. The highest BCUT2D eigenvalue weighted by molar-refractivity contribution is 5.82. The van der Waals surface area contributed by atoms with Crippen LogP contribution in [0.2, 0.25) is 0 Å². The van der Waals surface area contributed by atoms with Crippen LogP contribution < -0.4 is 16.4 Å². The Morgan fingerprint density at radius 1 is 1.12 bits per heavy atom. The fourth-order valence-corrected chi connectivity index (χ4v) is 2.68. The number of carbonyl (C=O) groups is 3. The van der Waals surface area contributed by atoms with Crippen LogP contribution in [-0.4, -0.2) is 54.8 Å². The molecule has 0 aliphatic carbocycles. The highest BCUT2D eigenvalue weighted by Gasteiger charge is 2.27. The van der Waals surface area contributed by atoms with E-state index in [-0.39, 0.29) is 30.2 Å². The van der Waals surface area contributed by atoms with Crippen molar-refractivity contribution in [2.45, 2.75) is 58.9 Å². The minimum Gasteiger partial charge on any atom is -0.355 e. The summed E-state index contributed by atoms with van der Waals surface area (Å²) in [5.74, 6) is -0.102. The van der Waals surface area contributed by atoms with E-state index in [1.807, 2.05) is 25.7 Å². The van der Waals surface area contributed by atoms with Crippen LogP contribution in [0.1, 0.15) is 52.9 Å². The summed E-state index contributed by atoms with van der Waals surface area (Å²) in [6.45, 7) is 7.38.